The van der Waals surface area contributed by atoms with Crippen LogP contribution in [0.3, 0.4) is 0 Å². The van der Waals surface area contributed by atoms with E-state index in [-0.39, 0.29) is 12.1 Å². The molecular weight excluding hydrogens is 216 g/mol. The Morgan fingerprint density at radius 2 is 2.35 bits per heavy atom. The molecule has 0 aromatic carbocycles. The van der Waals surface area contributed by atoms with Crippen LogP contribution in [-0.4, -0.2) is 30.1 Å². The lowest BCUT2D eigenvalue weighted by Gasteiger charge is -2.16. The number of hydrogen-bond acceptors (Lipinski definition) is 3. The maximum Gasteiger partial charge on any atom is 0.320 e. The molecule has 0 radical (unpaired) electrons. The summed E-state index contributed by atoms with van der Waals surface area (Å²) < 4.78 is 0. The van der Waals surface area contributed by atoms with E-state index in [1.54, 1.807) is 12.3 Å². The van der Waals surface area contributed by atoms with E-state index in [1.807, 2.05) is 12.1 Å². The molecule has 2 rings (SSSR count). The molecule has 3 N–H and O–H groups in total. The summed E-state index contributed by atoms with van der Waals surface area (Å²) in [4.78, 5) is 15.7. The number of hydrogen-bond donors (Lipinski definition) is 3. The Morgan fingerprint density at radius 3 is 3.18 bits per heavy atom. The number of rotatable bonds is 2. The molecule has 2 amide bonds. The average molecular weight is 234 g/mol. The molecule has 0 saturated carbocycles. The van der Waals surface area contributed by atoms with Crippen molar-refractivity contribution in [1.82, 2.24) is 15.6 Å². The van der Waals surface area contributed by atoms with Crippen molar-refractivity contribution >= 4 is 11.8 Å². The molecule has 92 valence electrons. The first-order valence-electron chi connectivity index (χ1n) is 6.04. The van der Waals surface area contributed by atoms with E-state index in [4.69, 9.17) is 0 Å². The molecule has 0 bridgehead atoms. The zero-order chi connectivity index (χ0) is 11.9. The summed E-state index contributed by atoms with van der Waals surface area (Å²) >= 11 is 0. The summed E-state index contributed by atoms with van der Waals surface area (Å²) in [5, 5.41) is 8.98. The van der Waals surface area contributed by atoms with E-state index >= 15 is 0 Å². The zero-order valence-corrected chi connectivity index (χ0v) is 9.78. The normalized spacial score (nSPS) is 20.4. The molecule has 5 nitrogen and oxygen atoms in total. The second-order valence-corrected chi connectivity index (χ2v) is 4.21. The fourth-order valence-electron chi connectivity index (χ4n) is 1.92. The SMILES string of the molecule is O=C(Nc1ccccn1)NC1CCCCNC1. The minimum atomic E-state index is -0.183. The number of nitrogens with zero attached hydrogens (tertiary/aromatic N) is 1. The van der Waals surface area contributed by atoms with Crippen LogP contribution < -0.4 is 16.0 Å². The first-order valence-corrected chi connectivity index (χ1v) is 6.04. The molecule has 1 aliphatic heterocycles. The van der Waals surface area contributed by atoms with Crippen molar-refractivity contribution in [3.05, 3.63) is 24.4 Å². The number of pyridine rings is 1. The van der Waals surface area contributed by atoms with Gasteiger partial charge in [0.15, 0.2) is 0 Å². The standard InChI is InChI=1S/C12H18N4O/c17-12(16-11-6-2-4-8-14-11)15-10-5-1-3-7-13-9-10/h2,4,6,8,10,13H,1,3,5,7,9H2,(H2,14,15,16,17). The van der Waals surface area contributed by atoms with Gasteiger partial charge in [0, 0.05) is 18.8 Å². The largest absolute Gasteiger partial charge is 0.334 e. The number of urea groups is 1. The monoisotopic (exact) mass is 234 g/mol. The molecule has 1 aliphatic rings. The molecule has 1 fully saturated rings. The van der Waals surface area contributed by atoms with E-state index in [0.717, 1.165) is 25.9 Å². The van der Waals surface area contributed by atoms with Crippen LogP contribution in [0.1, 0.15) is 19.3 Å². The van der Waals surface area contributed by atoms with E-state index < -0.39 is 0 Å². The van der Waals surface area contributed by atoms with Gasteiger partial charge >= 0.3 is 6.03 Å². The predicted molar refractivity (Wildman–Crippen MR) is 66.9 cm³/mol. The number of anilines is 1. The highest BCUT2D eigenvalue weighted by atomic mass is 16.2. The fraction of sp³-hybridized carbons (Fsp3) is 0.500. The van der Waals surface area contributed by atoms with Crippen LogP contribution in [0.25, 0.3) is 0 Å². The van der Waals surface area contributed by atoms with Gasteiger partial charge in [0.2, 0.25) is 0 Å². The van der Waals surface area contributed by atoms with Gasteiger partial charge in [0.25, 0.3) is 0 Å². The van der Waals surface area contributed by atoms with Crippen molar-refractivity contribution in [2.45, 2.75) is 25.3 Å². The highest BCUT2D eigenvalue weighted by Crippen LogP contribution is 2.05. The van der Waals surface area contributed by atoms with Crippen LogP contribution in [0, 0.1) is 0 Å². The lowest BCUT2D eigenvalue weighted by atomic mass is 10.1. The number of amides is 2. The number of nitrogens with one attached hydrogen (secondary N) is 3. The van der Waals surface area contributed by atoms with Gasteiger partial charge in [-0.25, -0.2) is 9.78 Å². The fourth-order valence-corrected chi connectivity index (χ4v) is 1.92. The maximum absolute atomic E-state index is 11.7. The Hall–Kier alpha value is -1.62. The summed E-state index contributed by atoms with van der Waals surface area (Å²) in [7, 11) is 0. The lowest BCUT2D eigenvalue weighted by Crippen LogP contribution is -2.43. The molecule has 17 heavy (non-hydrogen) atoms. The van der Waals surface area contributed by atoms with Gasteiger partial charge in [-0.05, 0) is 31.5 Å². The van der Waals surface area contributed by atoms with Crippen molar-refractivity contribution in [3.8, 4) is 0 Å². The molecule has 1 atom stereocenters. The Labute approximate surface area is 101 Å². The van der Waals surface area contributed by atoms with Crippen LogP contribution in [0.5, 0.6) is 0 Å². The van der Waals surface area contributed by atoms with E-state index in [2.05, 4.69) is 20.9 Å². The third-order valence-electron chi connectivity index (χ3n) is 2.79. The molecular formula is C12H18N4O. The summed E-state index contributed by atoms with van der Waals surface area (Å²) in [5.74, 6) is 0.576. The van der Waals surface area contributed by atoms with Crippen molar-refractivity contribution in [1.29, 1.82) is 0 Å². The van der Waals surface area contributed by atoms with Gasteiger partial charge in [-0.1, -0.05) is 12.5 Å². The van der Waals surface area contributed by atoms with E-state index in [0.29, 0.717) is 5.82 Å². The summed E-state index contributed by atoms with van der Waals surface area (Å²) in [6, 6.07) is 5.46. The van der Waals surface area contributed by atoms with Crippen molar-refractivity contribution < 1.29 is 4.79 Å². The highest BCUT2D eigenvalue weighted by molar-refractivity contribution is 5.88. The summed E-state index contributed by atoms with van der Waals surface area (Å²) in [6.45, 7) is 1.88. The van der Waals surface area contributed by atoms with Gasteiger partial charge in [0.1, 0.15) is 5.82 Å². The first kappa shape index (κ1) is 11.9. The average Bonchev–Trinajstić information content (AvgIpc) is 2.59. The van der Waals surface area contributed by atoms with E-state index in [9.17, 15) is 4.79 Å². The smallest absolute Gasteiger partial charge is 0.320 e. The van der Waals surface area contributed by atoms with Crippen LogP contribution in [-0.2, 0) is 0 Å². The number of carbonyl (C=O) groups is 1. The zero-order valence-electron chi connectivity index (χ0n) is 9.78. The number of aromatic nitrogens is 1. The van der Waals surface area contributed by atoms with Gasteiger partial charge in [-0.15, -0.1) is 0 Å². The molecule has 0 spiro atoms. The number of carbonyl (C=O) groups excluding carboxylic acids is 1. The molecule has 1 unspecified atom stereocenters. The topological polar surface area (TPSA) is 66.0 Å². The molecule has 2 heterocycles. The minimum absolute atomic E-state index is 0.183. The van der Waals surface area contributed by atoms with E-state index in [1.165, 1.54) is 6.42 Å². The maximum atomic E-state index is 11.7. The molecule has 1 aromatic heterocycles. The van der Waals surface area contributed by atoms with Gasteiger partial charge in [0.05, 0.1) is 0 Å². The Morgan fingerprint density at radius 1 is 1.41 bits per heavy atom. The van der Waals surface area contributed by atoms with Gasteiger partial charge in [-0.3, -0.25) is 5.32 Å². The van der Waals surface area contributed by atoms with Gasteiger partial charge < -0.3 is 10.6 Å². The van der Waals surface area contributed by atoms with Gasteiger partial charge in [-0.2, -0.15) is 0 Å². The minimum Gasteiger partial charge on any atom is -0.334 e. The van der Waals surface area contributed by atoms with Crippen molar-refractivity contribution in [2.75, 3.05) is 18.4 Å². The molecule has 1 aromatic rings. The quantitative estimate of drug-likeness (QED) is 0.723. The first-order chi connectivity index (χ1) is 8.34. The summed E-state index contributed by atoms with van der Waals surface area (Å²) in [6.07, 6.45) is 5.02. The highest BCUT2D eigenvalue weighted by Gasteiger charge is 2.14. The van der Waals surface area contributed by atoms with Crippen molar-refractivity contribution in [2.24, 2.45) is 0 Å². The van der Waals surface area contributed by atoms with Crippen LogP contribution >= 0.6 is 0 Å². The lowest BCUT2D eigenvalue weighted by molar-refractivity contribution is 0.247. The molecule has 0 aliphatic carbocycles. The molecule has 5 heteroatoms. The van der Waals surface area contributed by atoms with Crippen LogP contribution in [0.15, 0.2) is 24.4 Å². The second-order valence-electron chi connectivity index (χ2n) is 4.21. The molecule has 1 saturated heterocycles. The van der Waals surface area contributed by atoms with Crippen molar-refractivity contribution in [3.63, 3.8) is 0 Å². The second kappa shape index (κ2) is 6.20. The van der Waals surface area contributed by atoms with Crippen LogP contribution in [0.4, 0.5) is 10.6 Å². The predicted octanol–water partition coefficient (Wildman–Crippen LogP) is 1.35. The summed E-state index contributed by atoms with van der Waals surface area (Å²) in [5.41, 5.74) is 0. The third kappa shape index (κ3) is 4.03. The third-order valence-corrected chi connectivity index (χ3v) is 2.79. The van der Waals surface area contributed by atoms with Crippen LogP contribution in [0.2, 0.25) is 0 Å². The Bertz CT molecular complexity index is 347. The Kier molecular flexibility index (Phi) is 4.32. The Balaban J connectivity index is 1.80.